The first-order valence-electron chi connectivity index (χ1n) is 7.01. The van der Waals surface area contributed by atoms with Crippen LogP contribution in [0.4, 0.5) is 9.93 Å². The van der Waals surface area contributed by atoms with E-state index in [4.69, 9.17) is 4.74 Å². The highest BCUT2D eigenvalue weighted by atomic mass is 32.1. The molecular weight excluding hydrogens is 292 g/mol. The molecule has 1 aliphatic rings. The minimum Gasteiger partial charge on any atom is -0.469 e. The van der Waals surface area contributed by atoms with E-state index in [-0.39, 0.29) is 6.03 Å². The van der Waals surface area contributed by atoms with Crippen molar-refractivity contribution < 1.29 is 14.6 Å². The third-order valence-electron chi connectivity index (χ3n) is 3.10. The van der Waals surface area contributed by atoms with Crippen molar-refractivity contribution in [2.75, 3.05) is 24.6 Å². The van der Waals surface area contributed by atoms with Crippen LogP contribution in [0.1, 0.15) is 26.7 Å². The van der Waals surface area contributed by atoms with Crippen molar-refractivity contribution in [2.24, 2.45) is 0 Å². The van der Waals surface area contributed by atoms with Gasteiger partial charge < -0.3 is 14.7 Å². The van der Waals surface area contributed by atoms with Crippen LogP contribution in [-0.4, -0.2) is 52.2 Å². The summed E-state index contributed by atoms with van der Waals surface area (Å²) in [4.78, 5) is 15.5. The zero-order valence-electron chi connectivity index (χ0n) is 12.2. The highest BCUT2D eigenvalue weighted by Crippen LogP contribution is 2.30. The van der Waals surface area contributed by atoms with Crippen molar-refractivity contribution in [1.82, 2.24) is 15.1 Å². The van der Waals surface area contributed by atoms with Crippen LogP contribution in [0.5, 0.6) is 5.19 Å². The van der Waals surface area contributed by atoms with Crippen LogP contribution in [-0.2, 0) is 0 Å². The minimum absolute atomic E-state index is 0.238. The molecule has 1 aromatic rings. The number of hydrogen-bond acceptors (Lipinski definition) is 6. The predicted molar refractivity (Wildman–Crippen MR) is 80.6 cm³/mol. The van der Waals surface area contributed by atoms with Crippen molar-refractivity contribution in [3.05, 3.63) is 12.2 Å². The summed E-state index contributed by atoms with van der Waals surface area (Å²) in [5, 5.41) is 18.7. The minimum atomic E-state index is -0.863. The van der Waals surface area contributed by atoms with Crippen LogP contribution >= 0.6 is 11.3 Å². The van der Waals surface area contributed by atoms with E-state index < -0.39 is 6.23 Å². The van der Waals surface area contributed by atoms with Crippen molar-refractivity contribution in [3.63, 3.8) is 0 Å². The van der Waals surface area contributed by atoms with Crippen molar-refractivity contribution >= 4 is 22.5 Å². The average Bonchev–Trinajstić information content (AvgIpc) is 2.90. The topological polar surface area (TPSA) is 78.8 Å². The zero-order chi connectivity index (χ0) is 15.2. The Morgan fingerprint density at radius 1 is 1.52 bits per heavy atom. The van der Waals surface area contributed by atoms with E-state index in [9.17, 15) is 9.90 Å². The van der Waals surface area contributed by atoms with E-state index in [1.165, 1.54) is 4.90 Å². The summed E-state index contributed by atoms with van der Waals surface area (Å²) in [6.45, 7) is 5.46. The second-order valence-corrected chi connectivity index (χ2v) is 5.47. The number of carbonyl (C=O) groups is 1. The summed E-state index contributed by atoms with van der Waals surface area (Å²) in [5.41, 5.74) is 0. The lowest BCUT2D eigenvalue weighted by atomic mass is 10.2. The Balaban J connectivity index is 2.09. The number of hydrogen-bond donors (Lipinski definition) is 1. The molecule has 0 aliphatic carbocycles. The largest absolute Gasteiger partial charge is 0.469 e. The van der Waals surface area contributed by atoms with Crippen LogP contribution in [0.25, 0.3) is 0 Å². The molecule has 1 saturated heterocycles. The number of urea groups is 1. The number of aliphatic hydroxyl groups excluding tert-OH is 1. The van der Waals surface area contributed by atoms with Crippen LogP contribution in [0.3, 0.4) is 0 Å². The Bertz CT molecular complexity index is 505. The van der Waals surface area contributed by atoms with E-state index in [0.717, 1.165) is 17.8 Å². The SMILES string of the molecule is C/C=C/CCN1CCC(O)N(c2nnc(OCC)s2)C1=O. The van der Waals surface area contributed by atoms with E-state index in [0.29, 0.717) is 36.4 Å². The standard InChI is InChI=1S/C13H20N4O3S/c1-3-5-6-8-16-9-7-10(18)17(13(16)19)11-14-15-12(21-11)20-4-2/h3,5,10,18H,4,6-9H2,1-2H3/b5-3+. The third-order valence-corrected chi connectivity index (χ3v) is 3.94. The number of aliphatic hydroxyl groups is 1. The van der Waals surface area contributed by atoms with Gasteiger partial charge in [0, 0.05) is 19.5 Å². The second-order valence-electron chi connectivity index (χ2n) is 4.55. The van der Waals surface area contributed by atoms with E-state index in [1.807, 2.05) is 26.0 Å². The van der Waals surface area contributed by atoms with Crippen molar-refractivity contribution in [3.8, 4) is 5.19 Å². The lowest BCUT2D eigenvalue weighted by Crippen LogP contribution is -2.54. The summed E-state index contributed by atoms with van der Waals surface area (Å²) in [6.07, 6.45) is 4.40. The summed E-state index contributed by atoms with van der Waals surface area (Å²) < 4.78 is 5.26. The molecule has 116 valence electrons. The molecule has 8 heteroatoms. The number of allylic oxidation sites excluding steroid dienone is 1. The van der Waals surface area contributed by atoms with Crippen LogP contribution in [0.2, 0.25) is 0 Å². The highest BCUT2D eigenvalue weighted by Gasteiger charge is 2.35. The fraction of sp³-hybridized carbons (Fsp3) is 0.615. The van der Waals surface area contributed by atoms with E-state index in [1.54, 1.807) is 4.90 Å². The molecule has 0 aromatic carbocycles. The molecule has 1 fully saturated rings. The molecule has 0 bridgehead atoms. The predicted octanol–water partition coefficient (Wildman–Crippen LogP) is 1.85. The molecule has 21 heavy (non-hydrogen) atoms. The number of nitrogens with zero attached hydrogens (tertiary/aromatic N) is 4. The van der Waals surface area contributed by atoms with Crippen molar-refractivity contribution in [2.45, 2.75) is 32.9 Å². The van der Waals surface area contributed by atoms with Gasteiger partial charge in [-0.2, -0.15) is 0 Å². The lowest BCUT2D eigenvalue weighted by Gasteiger charge is -2.37. The molecule has 1 unspecified atom stereocenters. The molecule has 1 N–H and O–H groups in total. The van der Waals surface area contributed by atoms with Gasteiger partial charge in [-0.3, -0.25) is 0 Å². The number of amides is 2. The molecule has 1 atom stereocenters. The van der Waals surface area contributed by atoms with Crippen LogP contribution in [0, 0.1) is 0 Å². The monoisotopic (exact) mass is 312 g/mol. The number of rotatable bonds is 6. The fourth-order valence-corrected chi connectivity index (χ4v) is 2.87. The number of ether oxygens (including phenoxy) is 1. The number of aromatic nitrogens is 2. The van der Waals surface area contributed by atoms with Crippen LogP contribution in [0.15, 0.2) is 12.2 Å². The molecule has 0 saturated carbocycles. The first-order chi connectivity index (χ1) is 10.2. The Hall–Kier alpha value is -1.67. The molecule has 0 spiro atoms. The molecule has 1 aliphatic heterocycles. The van der Waals surface area contributed by atoms with Gasteiger partial charge >= 0.3 is 6.03 Å². The summed E-state index contributed by atoms with van der Waals surface area (Å²) in [7, 11) is 0. The van der Waals surface area contributed by atoms with Crippen molar-refractivity contribution in [1.29, 1.82) is 0 Å². The second kappa shape index (κ2) is 7.37. The first kappa shape index (κ1) is 15.7. The Morgan fingerprint density at radius 2 is 2.33 bits per heavy atom. The molecule has 0 radical (unpaired) electrons. The summed E-state index contributed by atoms with van der Waals surface area (Å²) in [5.74, 6) is 0. The van der Waals surface area contributed by atoms with Gasteiger partial charge in [0.2, 0.25) is 5.13 Å². The maximum Gasteiger partial charge on any atom is 0.328 e. The van der Waals surface area contributed by atoms with Gasteiger partial charge in [-0.15, -0.1) is 5.10 Å². The van der Waals surface area contributed by atoms with Gasteiger partial charge in [0.1, 0.15) is 6.23 Å². The Labute approximate surface area is 127 Å². The summed E-state index contributed by atoms with van der Waals surface area (Å²) >= 11 is 1.16. The highest BCUT2D eigenvalue weighted by molar-refractivity contribution is 7.17. The molecular formula is C13H20N4O3S. The quantitative estimate of drug-likeness (QED) is 0.811. The molecule has 2 heterocycles. The van der Waals surface area contributed by atoms with Gasteiger partial charge in [-0.25, -0.2) is 9.69 Å². The van der Waals surface area contributed by atoms with Crippen LogP contribution < -0.4 is 9.64 Å². The van der Waals surface area contributed by atoms with Gasteiger partial charge in [0.05, 0.1) is 6.61 Å². The van der Waals surface area contributed by atoms with Gasteiger partial charge in [0.25, 0.3) is 5.19 Å². The summed E-state index contributed by atoms with van der Waals surface area (Å²) in [6, 6.07) is -0.238. The Kier molecular flexibility index (Phi) is 5.51. The van der Waals surface area contributed by atoms with Gasteiger partial charge in [0.15, 0.2) is 0 Å². The van der Waals surface area contributed by atoms with E-state index >= 15 is 0 Å². The average molecular weight is 312 g/mol. The molecule has 2 rings (SSSR count). The normalized spacial score (nSPS) is 19.6. The fourth-order valence-electron chi connectivity index (χ4n) is 2.07. The van der Waals surface area contributed by atoms with Gasteiger partial charge in [-0.1, -0.05) is 17.3 Å². The maximum atomic E-state index is 12.5. The Morgan fingerprint density at radius 3 is 3.05 bits per heavy atom. The third kappa shape index (κ3) is 3.70. The number of carbonyl (C=O) groups excluding carboxylic acids is 1. The maximum absolute atomic E-state index is 12.5. The van der Waals surface area contributed by atoms with E-state index in [2.05, 4.69) is 10.2 Å². The smallest absolute Gasteiger partial charge is 0.328 e. The zero-order valence-corrected chi connectivity index (χ0v) is 13.0. The lowest BCUT2D eigenvalue weighted by molar-refractivity contribution is 0.109. The number of anilines is 1. The molecule has 2 amide bonds. The van der Waals surface area contributed by atoms with Gasteiger partial charge in [-0.05, 0) is 31.6 Å². The molecule has 7 nitrogen and oxygen atoms in total. The molecule has 1 aromatic heterocycles. The first-order valence-corrected chi connectivity index (χ1v) is 7.82.